The number of nitriles is 1. The first-order valence-electron chi connectivity index (χ1n) is 7.77. The molecule has 2 aromatic carbocycles. The van der Waals surface area contributed by atoms with Crippen LogP contribution >= 0.6 is 0 Å². The van der Waals surface area contributed by atoms with Gasteiger partial charge in [-0.1, -0.05) is 48.0 Å². The van der Waals surface area contributed by atoms with Gasteiger partial charge in [-0.05, 0) is 50.3 Å². The van der Waals surface area contributed by atoms with Crippen LogP contribution in [-0.4, -0.2) is 6.61 Å². The number of hydrogen-bond acceptors (Lipinski definition) is 2. The molecular weight excluding hydrogens is 270 g/mol. The van der Waals surface area contributed by atoms with Crippen molar-refractivity contribution in [3.63, 3.8) is 0 Å². The topological polar surface area (TPSA) is 33.0 Å². The van der Waals surface area contributed by atoms with Gasteiger partial charge in [0.1, 0.15) is 5.75 Å². The largest absolute Gasteiger partial charge is 0.493 e. The van der Waals surface area contributed by atoms with Gasteiger partial charge in [0.25, 0.3) is 0 Å². The summed E-state index contributed by atoms with van der Waals surface area (Å²) in [5.74, 6) is 0.934. The lowest BCUT2D eigenvalue weighted by Gasteiger charge is -2.14. The number of aryl methyl sites for hydroxylation is 3. The van der Waals surface area contributed by atoms with Gasteiger partial charge in [0.05, 0.1) is 18.6 Å². The van der Waals surface area contributed by atoms with Gasteiger partial charge in [-0.2, -0.15) is 5.26 Å². The average molecular weight is 293 g/mol. The molecule has 1 unspecified atom stereocenters. The molecule has 0 fully saturated rings. The monoisotopic (exact) mass is 293 g/mol. The second kappa shape index (κ2) is 7.66. The zero-order valence-electron chi connectivity index (χ0n) is 13.6. The molecular formula is C20H23NO. The lowest BCUT2D eigenvalue weighted by Crippen LogP contribution is -2.04. The molecule has 0 bridgehead atoms. The van der Waals surface area contributed by atoms with Gasteiger partial charge < -0.3 is 4.74 Å². The van der Waals surface area contributed by atoms with Crippen LogP contribution in [0.3, 0.4) is 0 Å². The van der Waals surface area contributed by atoms with E-state index in [2.05, 4.69) is 39.0 Å². The van der Waals surface area contributed by atoms with Crippen LogP contribution in [0.1, 0.15) is 41.0 Å². The summed E-state index contributed by atoms with van der Waals surface area (Å²) in [6.45, 7) is 6.91. The normalized spacial score (nSPS) is 11.7. The van der Waals surface area contributed by atoms with Crippen LogP contribution in [0.5, 0.6) is 5.75 Å². The number of benzene rings is 2. The summed E-state index contributed by atoms with van der Waals surface area (Å²) < 4.78 is 5.94. The standard InChI is InChI=1S/C20H23NO/c1-15-12-16(2)20(17(3)13-15)22-11-7-10-19(14-21)18-8-5-4-6-9-18/h4-6,8-9,12-13,19H,7,10-11H2,1-3H3. The van der Waals surface area contributed by atoms with Gasteiger partial charge in [0.2, 0.25) is 0 Å². The number of hydrogen-bond donors (Lipinski definition) is 0. The predicted molar refractivity (Wildman–Crippen MR) is 90.2 cm³/mol. The maximum Gasteiger partial charge on any atom is 0.125 e. The molecule has 0 aliphatic rings. The van der Waals surface area contributed by atoms with Gasteiger partial charge in [-0.3, -0.25) is 0 Å². The highest BCUT2D eigenvalue weighted by atomic mass is 16.5. The molecule has 2 heteroatoms. The fourth-order valence-electron chi connectivity index (χ4n) is 2.85. The lowest BCUT2D eigenvalue weighted by molar-refractivity contribution is 0.301. The summed E-state index contributed by atoms with van der Waals surface area (Å²) in [7, 11) is 0. The maximum absolute atomic E-state index is 9.32. The Kier molecular flexibility index (Phi) is 5.61. The molecule has 0 radical (unpaired) electrons. The van der Waals surface area contributed by atoms with E-state index in [-0.39, 0.29) is 5.92 Å². The van der Waals surface area contributed by atoms with Crippen molar-refractivity contribution in [1.29, 1.82) is 5.26 Å². The molecule has 0 aromatic heterocycles. The average Bonchev–Trinajstić information content (AvgIpc) is 2.50. The summed E-state index contributed by atoms with van der Waals surface area (Å²) >= 11 is 0. The minimum absolute atomic E-state index is 0.0509. The first-order chi connectivity index (χ1) is 10.6. The van der Waals surface area contributed by atoms with Crippen LogP contribution in [0.15, 0.2) is 42.5 Å². The molecule has 2 rings (SSSR count). The molecule has 0 aliphatic heterocycles. The van der Waals surface area contributed by atoms with Gasteiger partial charge in [-0.25, -0.2) is 0 Å². The first kappa shape index (κ1) is 16.1. The Morgan fingerprint density at radius 1 is 1.05 bits per heavy atom. The molecule has 0 saturated heterocycles. The summed E-state index contributed by atoms with van der Waals surface area (Å²) in [6.07, 6.45) is 1.70. The highest BCUT2D eigenvalue weighted by molar-refractivity contribution is 5.42. The second-order valence-electron chi connectivity index (χ2n) is 5.81. The number of rotatable bonds is 6. The van der Waals surface area contributed by atoms with E-state index in [0.29, 0.717) is 6.61 Å². The quantitative estimate of drug-likeness (QED) is 0.696. The zero-order valence-corrected chi connectivity index (χ0v) is 13.6. The molecule has 0 amide bonds. The highest BCUT2D eigenvalue weighted by Crippen LogP contribution is 2.25. The van der Waals surface area contributed by atoms with E-state index in [0.717, 1.165) is 24.2 Å². The van der Waals surface area contributed by atoms with Crippen molar-refractivity contribution in [1.82, 2.24) is 0 Å². The van der Waals surface area contributed by atoms with Crippen LogP contribution in [0.25, 0.3) is 0 Å². The van der Waals surface area contributed by atoms with Crippen LogP contribution < -0.4 is 4.74 Å². The van der Waals surface area contributed by atoms with Gasteiger partial charge >= 0.3 is 0 Å². The maximum atomic E-state index is 9.32. The Balaban J connectivity index is 1.88. The second-order valence-corrected chi connectivity index (χ2v) is 5.81. The van der Waals surface area contributed by atoms with E-state index in [9.17, 15) is 5.26 Å². The van der Waals surface area contributed by atoms with Crippen molar-refractivity contribution >= 4 is 0 Å². The van der Waals surface area contributed by atoms with Gasteiger partial charge in [-0.15, -0.1) is 0 Å². The Morgan fingerprint density at radius 2 is 1.68 bits per heavy atom. The molecule has 0 N–H and O–H groups in total. The third-order valence-electron chi connectivity index (χ3n) is 3.85. The van der Waals surface area contributed by atoms with Gasteiger partial charge in [0, 0.05) is 0 Å². The fraction of sp³-hybridized carbons (Fsp3) is 0.350. The van der Waals surface area contributed by atoms with Crippen LogP contribution in [0.2, 0.25) is 0 Å². The van der Waals surface area contributed by atoms with Crippen LogP contribution in [0.4, 0.5) is 0 Å². The lowest BCUT2D eigenvalue weighted by atomic mass is 9.96. The minimum Gasteiger partial charge on any atom is -0.493 e. The smallest absolute Gasteiger partial charge is 0.125 e. The number of nitrogens with zero attached hydrogens (tertiary/aromatic N) is 1. The molecule has 22 heavy (non-hydrogen) atoms. The van der Waals surface area contributed by atoms with Crippen molar-refractivity contribution in [2.75, 3.05) is 6.61 Å². The van der Waals surface area contributed by atoms with Gasteiger partial charge in [0.15, 0.2) is 0 Å². The summed E-state index contributed by atoms with van der Waals surface area (Å²) in [6, 6.07) is 16.7. The Morgan fingerprint density at radius 3 is 2.27 bits per heavy atom. The summed E-state index contributed by atoms with van der Waals surface area (Å²) in [5.41, 5.74) is 4.71. The molecule has 0 heterocycles. The van der Waals surface area contributed by atoms with Crippen LogP contribution in [-0.2, 0) is 0 Å². The van der Waals surface area contributed by atoms with E-state index >= 15 is 0 Å². The van der Waals surface area contributed by atoms with E-state index in [1.807, 2.05) is 30.3 Å². The van der Waals surface area contributed by atoms with Crippen molar-refractivity contribution in [3.8, 4) is 11.8 Å². The molecule has 1 atom stereocenters. The zero-order chi connectivity index (χ0) is 15.9. The SMILES string of the molecule is Cc1cc(C)c(OCCCC(C#N)c2ccccc2)c(C)c1. The third-order valence-corrected chi connectivity index (χ3v) is 3.85. The third kappa shape index (κ3) is 4.11. The molecule has 0 spiro atoms. The molecule has 2 nitrogen and oxygen atoms in total. The minimum atomic E-state index is -0.0509. The van der Waals surface area contributed by atoms with E-state index in [1.54, 1.807) is 0 Å². The highest BCUT2D eigenvalue weighted by Gasteiger charge is 2.10. The molecule has 0 aliphatic carbocycles. The molecule has 0 saturated carbocycles. The molecule has 2 aromatic rings. The fourth-order valence-corrected chi connectivity index (χ4v) is 2.85. The Bertz CT molecular complexity index is 632. The van der Waals surface area contributed by atoms with E-state index in [1.165, 1.54) is 16.7 Å². The summed E-state index contributed by atoms with van der Waals surface area (Å²) in [5, 5.41) is 9.32. The first-order valence-corrected chi connectivity index (χ1v) is 7.77. The Hall–Kier alpha value is -2.27. The van der Waals surface area contributed by atoms with Crippen LogP contribution in [0, 0.1) is 32.1 Å². The molecule has 114 valence electrons. The number of ether oxygens (including phenoxy) is 1. The van der Waals surface area contributed by atoms with E-state index < -0.39 is 0 Å². The van der Waals surface area contributed by atoms with E-state index in [4.69, 9.17) is 4.74 Å². The van der Waals surface area contributed by atoms with Crippen molar-refractivity contribution in [3.05, 3.63) is 64.7 Å². The van der Waals surface area contributed by atoms with Crippen molar-refractivity contribution < 1.29 is 4.74 Å². The summed E-state index contributed by atoms with van der Waals surface area (Å²) in [4.78, 5) is 0. The Labute approximate surface area is 133 Å². The van der Waals surface area contributed by atoms with Crippen molar-refractivity contribution in [2.24, 2.45) is 0 Å². The van der Waals surface area contributed by atoms with Crippen molar-refractivity contribution in [2.45, 2.75) is 39.5 Å². The predicted octanol–water partition coefficient (Wildman–Crippen LogP) is 5.08.